The largest absolute Gasteiger partial charge is 0.381 e. The molecular weight excluding hydrogens is 160 g/mol. The highest BCUT2D eigenvalue weighted by molar-refractivity contribution is 7.99. The highest BCUT2D eigenvalue weighted by atomic mass is 32.2. The van der Waals surface area contributed by atoms with Crippen LogP contribution in [-0.2, 0) is 9.53 Å². The van der Waals surface area contributed by atoms with Gasteiger partial charge in [0.05, 0.1) is 5.75 Å². The predicted molar refractivity (Wildman–Crippen MR) is 46.9 cm³/mol. The first-order valence-corrected chi connectivity index (χ1v) is 5.30. The van der Waals surface area contributed by atoms with Crippen LogP contribution in [0.2, 0.25) is 0 Å². The third-order valence-electron chi connectivity index (χ3n) is 1.85. The van der Waals surface area contributed by atoms with E-state index in [0.717, 1.165) is 26.1 Å². The van der Waals surface area contributed by atoms with Crippen LogP contribution in [0.15, 0.2) is 0 Å². The molecule has 64 valence electrons. The van der Waals surface area contributed by atoms with E-state index in [2.05, 4.69) is 0 Å². The molecule has 0 radical (unpaired) electrons. The molecule has 0 spiro atoms. The third-order valence-corrected chi connectivity index (χ3v) is 2.46. The summed E-state index contributed by atoms with van der Waals surface area (Å²) >= 11 is 1.60. The molecule has 0 amide bonds. The van der Waals surface area contributed by atoms with E-state index in [4.69, 9.17) is 4.74 Å². The Hall–Kier alpha value is -0.0200. The van der Waals surface area contributed by atoms with E-state index in [1.165, 1.54) is 0 Å². The van der Waals surface area contributed by atoms with Crippen LogP contribution in [0, 0.1) is 5.92 Å². The average molecular weight is 174 g/mol. The first-order valence-electron chi connectivity index (χ1n) is 3.91. The van der Waals surface area contributed by atoms with E-state index < -0.39 is 0 Å². The van der Waals surface area contributed by atoms with Crippen LogP contribution in [0.3, 0.4) is 0 Å². The quantitative estimate of drug-likeness (QED) is 0.643. The monoisotopic (exact) mass is 174 g/mol. The van der Waals surface area contributed by atoms with Gasteiger partial charge in [0.25, 0.3) is 0 Å². The van der Waals surface area contributed by atoms with Crippen LogP contribution in [-0.4, -0.2) is 31.0 Å². The van der Waals surface area contributed by atoms with Crippen molar-refractivity contribution in [3.8, 4) is 0 Å². The van der Waals surface area contributed by atoms with E-state index in [1.54, 1.807) is 11.8 Å². The molecule has 1 heterocycles. The van der Waals surface area contributed by atoms with Gasteiger partial charge in [0.1, 0.15) is 5.78 Å². The molecule has 1 unspecified atom stereocenters. The van der Waals surface area contributed by atoms with E-state index in [1.807, 2.05) is 6.26 Å². The fourth-order valence-electron chi connectivity index (χ4n) is 1.29. The lowest BCUT2D eigenvalue weighted by Gasteiger charge is -2.03. The van der Waals surface area contributed by atoms with Crippen molar-refractivity contribution in [2.45, 2.75) is 12.8 Å². The highest BCUT2D eigenvalue weighted by Gasteiger charge is 2.18. The van der Waals surface area contributed by atoms with Crippen molar-refractivity contribution in [3.05, 3.63) is 0 Å². The summed E-state index contributed by atoms with van der Waals surface area (Å²) in [4.78, 5) is 11.1. The zero-order valence-corrected chi connectivity index (χ0v) is 7.65. The van der Waals surface area contributed by atoms with Crippen molar-refractivity contribution in [2.75, 3.05) is 25.2 Å². The summed E-state index contributed by atoms with van der Waals surface area (Å²) in [7, 11) is 0. The SMILES string of the molecule is CSCC(=O)CC1CCOC1. The maximum absolute atomic E-state index is 11.1. The topological polar surface area (TPSA) is 26.3 Å². The summed E-state index contributed by atoms with van der Waals surface area (Å²) in [6, 6.07) is 0. The molecule has 0 saturated carbocycles. The summed E-state index contributed by atoms with van der Waals surface area (Å²) in [5.74, 6) is 1.54. The van der Waals surface area contributed by atoms with E-state index in [0.29, 0.717) is 17.5 Å². The van der Waals surface area contributed by atoms with Gasteiger partial charge in [-0.15, -0.1) is 0 Å². The number of ketones is 1. The summed E-state index contributed by atoms with van der Waals surface area (Å²) in [5, 5.41) is 0. The zero-order valence-electron chi connectivity index (χ0n) is 6.84. The van der Waals surface area contributed by atoms with Crippen LogP contribution < -0.4 is 0 Å². The number of Topliss-reactive ketones (excluding diaryl/α,β-unsaturated/α-hetero) is 1. The molecular formula is C8H14O2S. The molecule has 11 heavy (non-hydrogen) atoms. The van der Waals surface area contributed by atoms with Crippen molar-refractivity contribution in [2.24, 2.45) is 5.92 Å². The summed E-state index contributed by atoms with van der Waals surface area (Å²) < 4.78 is 5.18. The lowest BCUT2D eigenvalue weighted by molar-refractivity contribution is -0.117. The standard InChI is InChI=1S/C8H14O2S/c1-11-6-8(9)4-7-2-3-10-5-7/h7H,2-6H2,1H3. The number of thioether (sulfide) groups is 1. The van der Waals surface area contributed by atoms with Crippen LogP contribution in [0.25, 0.3) is 0 Å². The second kappa shape index (κ2) is 4.78. The van der Waals surface area contributed by atoms with Crippen molar-refractivity contribution >= 4 is 17.5 Å². The molecule has 0 N–H and O–H groups in total. The Morgan fingerprint density at radius 3 is 3.09 bits per heavy atom. The van der Waals surface area contributed by atoms with E-state index in [9.17, 15) is 4.79 Å². The Balaban J connectivity index is 2.13. The second-order valence-electron chi connectivity index (χ2n) is 2.91. The second-order valence-corrected chi connectivity index (χ2v) is 3.77. The summed E-state index contributed by atoms with van der Waals surface area (Å²) in [6.07, 6.45) is 3.75. The van der Waals surface area contributed by atoms with Crippen LogP contribution >= 0.6 is 11.8 Å². The molecule has 3 heteroatoms. The van der Waals surface area contributed by atoms with Gasteiger partial charge in [0, 0.05) is 19.6 Å². The fraction of sp³-hybridized carbons (Fsp3) is 0.875. The average Bonchev–Trinajstić information content (AvgIpc) is 2.40. The number of carbonyl (C=O) groups is 1. The Bertz CT molecular complexity index is 130. The summed E-state index contributed by atoms with van der Waals surface area (Å²) in [6.45, 7) is 1.64. The van der Waals surface area contributed by atoms with Gasteiger partial charge in [-0.1, -0.05) is 0 Å². The molecule has 0 aromatic carbocycles. The van der Waals surface area contributed by atoms with Crippen molar-refractivity contribution in [3.63, 3.8) is 0 Å². The van der Waals surface area contributed by atoms with Gasteiger partial charge in [-0.25, -0.2) is 0 Å². The molecule has 1 saturated heterocycles. The lowest BCUT2D eigenvalue weighted by Crippen LogP contribution is -2.09. The molecule has 0 aromatic rings. The molecule has 1 atom stereocenters. The number of hydrogen-bond donors (Lipinski definition) is 0. The molecule has 0 bridgehead atoms. The Morgan fingerprint density at radius 1 is 1.73 bits per heavy atom. The Labute approximate surface area is 71.7 Å². The minimum Gasteiger partial charge on any atom is -0.381 e. The van der Waals surface area contributed by atoms with Gasteiger partial charge in [0.2, 0.25) is 0 Å². The van der Waals surface area contributed by atoms with Crippen LogP contribution in [0.4, 0.5) is 0 Å². The number of rotatable bonds is 4. The number of ether oxygens (including phenoxy) is 1. The zero-order chi connectivity index (χ0) is 8.10. The first-order chi connectivity index (χ1) is 5.33. The van der Waals surface area contributed by atoms with Gasteiger partial charge >= 0.3 is 0 Å². The maximum Gasteiger partial charge on any atom is 0.143 e. The third kappa shape index (κ3) is 3.25. The number of carbonyl (C=O) groups excluding carboxylic acids is 1. The molecule has 1 fully saturated rings. The molecule has 2 nitrogen and oxygen atoms in total. The van der Waals surface area contributed by atoms with Gasteiger partial charge in [-0.2, -0.15) is 11.8 Å². The Kier molecular flexibility index (Phi) is 3.94. The molecule has 1 rings (SSSR count). The fourth-order valence-corrected chi connectivity index (χ4v) is 1.73. The molecule has 1 aliphatic heterocycles. The summed E-state index contributed by atoms with van der Waals surface area (Å²) in [5.41, 5.74) is 0. The first kappa shape index (κ1) is 9.07. The van der Waals surface area contributed by atoms with Gasteiger partial charge < -0.3 is 4.74 Å². The lowest BCUT2D eigenvalue weighted by atomic mass is 10.0. The molecule has 0 aromatic heterocycles. The minimum absolute atomic E-state index is 0.369. The number of hydrogen-bond acceptors (Lipinski definition) is 3. The predicted octanol–water partition coefficient (Wildman–Crippen LogP) is 1.35. The Morgan fingerprint density at radius 2 is 2.55 bits per heavy atom. The van der Waals surface area contributed by atoms with Crippen molar-refractivity contribution in [1.29, 1.82) is 0 Å². The maximum atomic E-state index is 11.1. The van der Waals surface area contributed by atoms with Gasteiger partial charge in [-0.3, -0.25) is 4.79 Å². The van der Waals surface area contributed by atoms with Crippen molar-refractivity contribution < 1.29 is 9.53 Å². The van der Waals surface area contributed by atoms with Crippen LogP contribution in [0.5, 0.6) is 0 Å². The van der Waals surface area contributed by atoms with E-state index in [-0.39, 0.29) is 0 Å². The molecule has 1 aliphatic rings. The van der Waals surface area contributed by atoms with E-state index >= 15 is 0 Å². The molecule has 0 aliphatic carbocycles. The smallest absolute Gasteiger partial charge is 0.143 e. The van der Waals surface area contributed by atoms with Crippen LogP contribution in [0.1, 0.15) is 12.8 Å². The minimum atomic E-state index is 0.369. The van der Waals surface area contributed by atoms with Crippen molar-refractivity contribution in [1.82, 2.24) is 0 Å². The highest BCUT2D eigenvalue weighted by Crippen LogP contribution is 2.17. The normalized spacial score (nSPS) is 23.9. The van der Waals surface area contributed by atoms with Gasteiger partial charge in [0.15, 0.2) is 0 Å². The van der Waals surface area contributed by atoms with Gasteiger partial charge in [-0.05, 0) is 18.6 Å².